The third-order valence-electron chi connectivity index (χ3n) is 5.94. The average molecular weight is 506 g/mol. The standard InChI is InChI=1S/C26H33F2N3O5/c1-3-17-6-5-7-18(8-17)13-29-14-24(32)22(11-19-9-20(27)12-21(28)10-19)30-25(33)23-15-35-16-31(23)26(34)36-4-2/h5-10,12,22-24,29,32H,3-4,11,13-16H2,1-2H3,(H,30,33)/t22-,23+,24+/m0/s1. The van der Waals surface area contributed by atoms with Gasteiger partial charge in [0.2, 0.25) is 5.91 Å². The molecule has 1 fully saturated rings. The van der Waals surface area contributed by atoms with Crippen molar-refractivity contribution in [3.05, 3.63) is 70.8 Å². The number of rotatable bonds is 11. The monoisotopic (exact) mass is 505 g/mol. The lowest BCUT2D eigenvalue weighted by atomic mass is 10.00. The Bertz CT molecular complexity index is 1020. The van der Waals surface area contributed by atoms with Crippen LogP contribution in [0.4, 0.5) is 13.6 Å². The van der Waals surface area contributed by atoms with Crippen LogP contribution in [0.3, 0.4) is 0 Å². The van der Waals surface area contributed by atoms with Crippen molar-refractivity contribution in [2.24, 2.45) is 0 Å². The van der Waals surface area contributed by atoms with E-state index in [0.717, 1.165) is 35.1 Å². The summed E-state index contributed by atoms with van der Waals surface area (Å²) in [5.41, 5.74) is 2.51. The van der Waals surface area contributed by atoms with Gasteiger partial charge < -0.3 is 25.2 Å². The fourth-order valence-corrected chi connectivity index (χ4v) is 4.06. The maximum absolute atomic E-state index is 13.8. The summed E-state index contributed by atoms with van der Waals surface area (Å²) < 4.78 is 37.8. The predicted octanol–water partition coefficient (Wildman–Crippen LogP) is 2.52. The summed E-state index contributed by atoms with van der Waals surface area (Å²) in [5, 5.41) is 16.8. The van der Waals surface area contributed by atoms with E-state index in [-0.39, 0.29) is 38.5 Å². The van der Waals surface area contributed by atoms with E-state index in [1.807, 2.05) is 18.2 Å². The minimum atomic E-state index is -1.09. The lowest BCUT2D eigenvalue weighted by Gasteiger charge is -2.28. The summed E-state index contributed by atoms with van der Waals surface area (Å²) in [6.45, 7) is 4.33. The summed E-state index contributed by atoms with van der Waals surface area (Å²) in [6, 6.07) is 9.26. The van der Waals surface area contributed by atoms with E-state index in [1.165, 1.54) is 5.56 Å². The number of benzene rings is 2. The molecule has 8 nitrogen and oxygen atoms in total. The molecule has 1 saturated heterocycles. The van der Waals surface area contributed by atoms with Gasteiger partial charge in [-0.1, -0.05) is 31.2 Å². The van der Waals surface area contributed by atoms with Crippen LogP contribution in [0.1, 0.15) is 30.5 Å². The zero-order valence-corrected chi connectivity index (χ0v) is 20.5. The maximum Gasteiger partial charge on any atom is 0.412 e. The first-order valence-corrected chi connectivity index (χ1v) is 12.0. The molecule has 0 spiro atoms. The average Bonchev–Trinajstić information content (AvgIpc) is 3.33. The Balaban J connectivity index is 1.69. The molecular weight excluding hydrogens is 472 g/mol. The third kappa shape index (κ3) is 7.71. The molecule has 3 rings (SSSR count). The van der Waals surface area contributed by atoms with Crippen molar-refractivity contribution < 1.29 is 33.0 Å². The second-order valence-corrected chi connectivity index (χ2v) is 8.65. The van der Waals surface area contributed by atoms with Crippen molar-refractivity contribution in [3.8, 4) is 0 Å². The SMILES string of the molecule is CCOC(=O)N1COC[C@@H]1C(=O)N[C@@H](Cc1cc(F)cc(F)c1)[C@H](O)CNCc1cccc(CC)c1. The molecule has 0 unspecified atom stereocenters. The molecule has 1 heterocycles. The quantitative estimate of drug-likeness (QED) is 0.434. The number of ether oxygens (including phenoxy) is 2. The minimum Gasteiger partial charge on any atom is -0.450 e. The first kappa shape index (κ1) is 27.5. The Morgan fingerprint density at radius 2 is 1.86 bits per heavy atom. The van der Waals surface area contributed by atoms with Crippen LogP contribution in [-0.2, 0) is 33.7 Å². The number of aliphatic hydroxyl groups excluding tert-OH is 1. The van der Waals surface area contributed by atoms with Gasteiger partial charge in [0.05, 0.1) is 25.4 Å². The van der Waals surface area contributed by atoms with Crippen LogP contribution in [-0.4, -0.2) is 66.7 Å². The van der Waals surface area contributed by atoms with E-state index >= 15 is 0 Å². The van der Waals surface area contributed by atoms with Crippen molar-refractivity contribution in [2.45, 2.75) is 51.4 Å². The van der Waals surface area contributed by atoms with E-state index in [9.17, 15) is 23.5 Å². The van der Waals surface area contributed by atoms with Crippen LogP contribution in [0.15, 0.2) is 42.5 Å². The summed E-state index contributed by atoms with van der Waals surface area (Å²) in [7, 11) is 0. The fraction of sp³-hybridized carbons (Fsp3) is 0.462. The van der Waals surface area contributed by atoms with Crippen molar-refractivity contribution in [3.63, 3.8) is 0 Å². The van der Waals surface area contributed by atoms with E-state index in [2.05, 4.69) is 23.6 Å². The van der Waals surface area contributed by atoms with Crippen molar-refractivity contribution in [2.75, 3.05) is 26.5 Å². The molecule has 10 heteroatoms. The van der Waals surface area contributed by atoms with Crippen LogP contribution >= 0.6 is 0 Å². The van der Waals surface area contributed by atoms with Crippen LogP contribution in [0.2, 0.25) is 0 Å². The fourth-order valence-electron chi connectivity index (χ4n) is 4.06. The molecule has 0 bridgehead atoms. The minimum absolute atomic E-state index is 0.0262. The summed E-state index contributed by atoms with van der Waals surface area (Å²) >= 11 is 0. The highest BCUT2D eigenvalue weighted by atomic mass is 19.1. The Kier molecular flexibility index (Phi) is 10.2. The molecule has 3 N–H and O–H groups in total. The zero-order chi connectivity index (χ0) is 26.1. The Hall–Kier alpha value is -3.08. The van der Waals surface area contributed by atoms with Gasteiger partial charge in [-0.25, -0.2) is 13.6 Å². The first-order valence-electron chi connectivity index (χ1n) is 12.0. The number of carbonyl (C=O) groups excluding carboxylic acids is 2. The zero-order valence-electron chi connectivity index (χ0n) is 20.5. The van der Waals surface area contributed by atoms with Crippen molar-refractivity contribution in [1.82, 2.24) is 15.5 Å². The number of amides is 2. The normalized spacial score (nSPS) is 17.0. The molecule has 0 saturated carbocycles. The highest BCUT2D eigenvalue weighted by Crippen LogP contribution is 2.15. The van der Waals surface area contributed by atoms with E-state index in [4.69, 9.17) is 9.47 Å². The summed E-state index contributed by atoms with van der Waals surface area (Å²) in [5.74, 6) is -2.07. The number of carbonyl (C=O) groups is 2. The van der Waals surface area contributed by atoms with E-state index in [1.54, 1.807) is 6.92 Å². The molecule has 0 aliphatic carbocycles. The third-order valence-corrected chi connectivity index (χ3v) is 5.94. The van der Waals surface area contributed by atoms with Crippen molar-refractivity contribution in [1.29, 1.82) is 0 Å². The van der Waals surface area contributed by atoms with Crippen LogP contribution in [0, 0.1) is 11.6 Å². The molecule has 2 aromatic carbocycles. The maximum atomic E-state index is 13.8. The molecule has 36 heavy (non-hydrogen) atoms. The second-order valence-electron chi connectivity index (χ2n) is 8.65. The Labute approximate surface area is 209 Å². The van der Waals surface area contributed by atoms with Gasteiger partial charge in [-0.3, -0.25) is 9.69 Å². The molecule has 1 aliphatic heterocycles. The number of hydrogen-bond donors (Lipinski definition) is 3. The predicted molar refractivity (Wildman–Crippen MR) is 129 cm³/mol. The van der Waals surface area contributed by atoms with Gasteiger partial charge in [0, 0.05) is 19.2 Å². The first-order chi connectivity index (χ1) is 17.3. The molecule has 2 aromatic rings. The van der Waals surface area contributed by atoms with Crippen LogP contribution < -0.4 is 10.6 Å². The number of halogens is 2. The number of nitrogens with one attached hydrogen (secondary N) is 2. The van der Waals surface area contributed by atoms with Gasteiger partial charge in [-0.05, 0) is 48.6 Å². The molecule has 0 aromatic heterocycles. The number of aliphatic hydroxyl groups is 1. The molecule has 196 valence electrons. The lowest BCUT2D eigenvalue weighted by molar-refractivity contribution is -0.126. The smallest absolute Gasteiger partial charge is 0.412 e. The topological polar surface area (TPSA) is 100 Å². The van der Waals surface area contributed by atoms with Gasteiger partial charge in [0.1, 0.15) is 24.4 Å². The van der Waals surface area contributed by atoms with Gasteiger partial charge >= 0.3 is 6.09 Å². The molecule has 1 aliphatic rings. The Morgan fingerprint density at radius 1 is 1.14 bits per heavy atom. The lowest BCUT2D eigenvalue weighted by Crippen LogP contribution is -2.55. The number of nitrogens with zero attached hydrogens (tertiary/aromatic N) is 1. The van der Waals surface area contributed by atoms with Gasteiger partial charge in [-0.15, -0.1) is 0 Å². The highest BCUT2D eigenvalue weighted by molar-refractivity contribution is 5.86. The molecule has 2 amide bonds. The highest BCUT2D eigenvalue weighted by Gasteiger charge is 2.37. The molecule has 0 radical (unpaired) electrons. The van der Waals surface area contributed by atoms with Gasteiger partial charge in [-0.2, -0.15) is 0 Å². The molecular formula is C26H33F2N3O5. The summed E-state index contributed by atoms with van der Waals surface area (Å²) in [4.78, 5) is 26.4. The van der Waals surface area contributed by atoms with Crippen LogP contribution in [0.5, 0.6) is 0 Å². The van der Waals surface area contributed by atoms with Crippen molar-refractivity contribution >= 4 is 12.0 Å². The number of aryl methyl sites for hydroxylation is 1. The summed E-state index contributed by atoms with van der Waals surface area (Å²) in [6.07, 6.45) is -0.896. The van der Waals surface area contributed by atoms with Gasteiger partial charge in [0.25, 0.3) is 0 Å². The van der Waals surface area contributed by atoms with E-state index in [0.29, 0.717) is 6.54 Å². The van der Waals surface area contributed by atoms with E-state index < -0.39 is 41.8 Å². The van der Waals surface area contributed by atoms with Gasteiger partial charge in [0.15, 0.2) is 0 Å². The second kappa shape index (κ2) is 13.3. The van der Waals surface area contributed by atoms with Crippen LogP contribution in [0.25, 0.3) is 0 Å². The largest absolute Gasteiger partial charge is 0.450 e. The molecule has 3 atom stereocenters. The Morgan fingerprint density at radius 3 is 2.56 bits per heavy atom. The number of hydrogen-bond acceptors (Lipinski definition) is 6.